The van der Waals surface area contributed by atoms with E-state index in [9.17, 15) is 0 Å². The molecule has 3 aromatic rings. The Morgan fingerprint density at radius 1 is 1.13 bits per heavy atom. The van der Waals surface area contributed by atoms with E-state index < -0.39 is 0 Å². The Hall–Kier alpha value is -2.70. The minimum atomic E-state index is 0. The number of anilines is 1. The van der Waals surface area contributed by atoms with Gasteiger partial charge in [-0.05, 0) is 54.3 Å². The standard InChI is InChI=1S/C23H25N3O3.ClH/c1-27-19-12-18-20-16(6-8-25-22(20)23(19)28-2)17-11-13-10-14(29-9-3-7-24)4-5-15(13)21(17)26-18;/h4-5,10,12,25H,3,6-9,11,24H2,1-2H3;1H. The van der Waals surface area contributed by atoms with Crippen LogP contribution < -0.4 is 25.3 Å². The predicted octanol–water partition coefficient (Wildman–Crippen LogP) is 3.94. The van der Waals surface area contributed by atoms with Crippen molar-refractivity contribution in [3.63, 3.8) is 0 Å². The molecular formula is C23H26ClN3O3. The number of hydrogen-bond donors (Lipinski definition) is 2. The van der Waals surface area contributed by atoms with Crippen LogP contribution in [-0.2, 0) is 12.8 Å². The van der Waals surface area contributed by atoms with Crippen molar-refractivity contribution >= 4 is 29.0 Å². The second-order valence-electron chi connectivity index (χ2n) is 7.46. The average molecular weight is 428 g/mol. The molecule has 0 amide bonds. The van der Waals surface area contributed by atoms with Gasteiger partial charge in [-0.3, -0.25) is 0 Å². The average Bonchev–Trinajstić information content (AvgIpc) is 3.12. The fourth-order valence-corrected chi connectivity index (χ4v) is 4.53. The van der Waals surface area contributed by atoms with Gasteiger partial charge in [0, 0.05) is 30.0 Å². The van der Waals surface area contributed by atoms with E-state index in [0.29, 0.717) is 18.9 Å². The normalized spacial score (nSPS) is 13.2. The number of nitrogens with zero attached hydrogens (tertiary/aromatic N) is 1. The number of halogens is 1. The first-order valence-electron chi connectivity index (χ1n) is 10.1. The van der Waals surface area contributed by atoms with E-state index in [0.717, 1.165) is 59.6 Å². The van der Waals surface area contributed by atoms with E-state index in [1.807, 2.05) is 12.1 Å². The Kier molecular flexibility index (Phi) is 5.62. The first kappa shape index (κ1) is 20.6. The molecule has 5 rings (SSSR count). The molecule has 7 heteroatoms. The molecule has 2 heterocycles. The van der Waals surface area contributed by atoms with E-state index in [4.69, 9.17) is 24.9 Å². The second kappa shape index (κ2) is 8.20. The minimum absolute atomic E-state index is 0. The van der Waals surface area contributed by atoms with Gasteiger partial charge in [0.05, 0.1) is 37.7 Å². The third-order valence-electron chi connectivity index (χ3n) is 5.83. The predicted molar refractivity (Wildman–Crippen MR) is 122 cm³/mol. The van der Waals surface area contributed by atoms with Crippen LogP contribution in [0, 0.1) is 0 Å². The molecule has 0 fully saturated rings. The van der Waals surface area contributed by atoms with Gasteiger partial charge >= 0.3 is 0 Å². The molecule has 1 aliphatic carbocycles. The summed E-state index contributed by atoms with van der Waals surface area (Å²) in [7, 11) is 3.34. The van der Waals surface area contributed by atoms with Gasteiger partial charge in [-0.25, -0.2) is 4.98 Å². The van der Waals surface area contributed by atoms with Gasteiger partial charge in [0.25, 0.3) is 0 Å². The summed E-state index contributed by atoms with van der Waals surface area (Å²) >= 11 is 0. The Balaban J connectivity index is 0.00000218. The summed E-state index contributed by atoms with van der Waals surface area (Å²) in [6.45, 7) is 2.15. The molecule has 0 unspecified atom stereocenters. The van der Waals surface area contributed by atoms with Gasteiger partial charge in [-0.2, -0.15) is 0 Å². The maximum absolute atomic E-state index is 5.85. The first-order chi connectivity index (χ1) is 14.2. The topological polar surface area (TPSA) is 78.6 Å². The van der Waals surface area contributed by atoms with E-state index in [-0.39, 0.29) is 12.4 Å². The lowest BCUT2D eigenvalue weighted by molar-refractivity contribution is 0.313. The van der Waals surface area contributed by atoms with Gasteiger partial charge in [0.2, 0.25) is 0 Å². The lowest BCUT2D eigenvalue weighted by Gasteiger charge is -2.24. The van der Waals surface area contributed by atoms with Crippen molar-refractivity contribution in [2.75, 3.05) is 39.2 Å². The molecule has 2 aliphatic rings. The molecule has 6 nitrogen and oxygen atoms in total. The van der Waals surface area contributed by atoms with Gasteiger partial charge in [0.1, 0.15) is 5.75 Å². The Morgan fingerprint density at radius 3 is 2.77 bits per heavy atom. The largest absolute Gasteiger partial charge is 0.494 e. The highest BCUT2D eigenvalue weighted by molar-refractivity contribution is 6.03. The highest BCUT2D eigenvalue weighted by atomic mass is 35.5. The SMILES string of the molecule is COc1cc2nc3c(c4c2c(c1OC)NCC4)Cc1cc(OCCCN)ccc1-3.Cl. The maximum Gasteiger partial charge on any atom is 0.184 e. The summed E-state index contributed by atoms with van der Waals surface area (Å²) < 4.78 is 17.1. The van der Waals surface area contributed by atoms with Crippen LogP contribution in [0.3, 0.4) is 0 Å². The van der Waals surface area contributed by atoms with Crippen molar-refractivity contribution in [1.29, 1.82) is 0 Å². The van der Waals surface area contributed by atoms with E-state index in [1.165, 1.54) is 22.3 Å². The summed E-state index contributed by atoms with van der Waals surface area (Å²) in [5.41, 5.74) is 13.7. The summed E-state index contributed by atoms with van der Waals surface area (Å²) in [5, 5.41) is 4.65. The number of fused-ring (bicyclic) bond motifs is 4. The molecule has 30 heavy (non-hydrogen) atoms. The van der Waals surface area contributed by atoms with Crippen LogP contribution >= 0.6 is 12.4 Å². The maximum atomic E-state index is 5.85. The van der Waals surface area contributed by atoms with Crippen LogP contribution in [0.25, 0.3) is 22.2 Å². The second-order valence-corrected chi connectivity index (χ2v) is 7.46. The number of rotatable bonds is 6. The van der Waals surface area contributed by atoms with Crippen LogP contribution in [-0.4, -0.2) is 38.9 Å². The minimum Gasteiger partial charge on any atom is -0.494 e. The van der Waals surface area contributed by atoms with E-state index >= 15 is 0 Å². The van der Waals surface area contributed by atoms with Crippen molar-refractivity contribution in [2.45, 2.75) is 19.3 Å². The van der Waals surface area contributed by atoms with Gasteiger partial charge < -0.3 is 25.3 Å². The molecule has 1 aliphatic heterocycles. The highest BCUT2D eigenvalue weighted by Gasteiger charge is 2.29. The summed E-state index contributed by atoms with van der Waals surface area (Å²) in [4.78, 5) is 5.06. The lowest BCUT2D eigenvalue weighted by atomic mass is 9.93. The smallest absolute Gasteiger partial charge is 0.184 e. The molecule has 0 saturated carbocycles. The van der Waals surface area contributed by atoms with Gasteiger partial charge in [0.15, 0.2) is 11.5 Å². The first-order valence-corrected chi connectivity index (χ1v) is 10.1. The molecule has 158 valence electrons. The van der Waals surface area contributed by atoms with Crippen molar-refractivity contribution < 1.29 is 14.2 Å². The van der Waals surface area contributed by atoms with Crippen molar-refractivity contribution in [3.05, 3.63) is 41.0 Å². The van der Waals surface area contributed by atoms with Crippen molar-refractivity contribution in [3.8, 4) is 28.5 Å². The lowest BCUT2D eigenvalue weighted by Crippen LogP contribution is -2.15. The quantitative estimate of drug-likeness (QED) is 0.454. The zero-order valence-corrected chi connectivity index (χ0v) is 18.0. The molecule has 0 saturated heterocycles. The Labute approximate surface area is 182 Å². The number of nitrogens with two attached hydrogens (primary N) is 1. The third kappa shape index (κ3) is 3.11. The Morgan fingerprint density at radius 2 is 2.00 bits per heavy atom. The number of benzene rings is 2. The molecular weight excluding hydrogens is 402 g/mol. The molecule has 0 bridgehead atoms. The van der Waals surface area contributed by atoms with Crippen molar-refractivity contribution in [2.24, 2.45) is 5.73 Å². The van der Waals surface area contributed by atoms with Crippen LogP contribution in [0.1, 0.15) is 23.1 Å². The number of hydrogen-bond acceptors (Lipinski definition) is 6. The number of nitrogens with one attached hydrogen (secondary N) is 1. The molecule has 0 atom stereocenters. The van der Waals surface area contributed by atoms with Crippen LogP contribution in [0.2, 0.25) is 0 Å². The monoisotopic (exact) mass is 427 g/mol. The van der Waals surface area contributed by atoms with Crippen molar-refractivity contribution in [1.82, 2.24) is 4.98 Å². The summed E-state index contributed by atoms with van der Waals surface area (Å²) in [6.07, 6.45) is 2.70. The number of aromatic nitrogens is 1. The number of methoxy groups -OCH3 is 2. The fourth-order valence-electron chi connectivity index (χ4n) is 4.53. The fraction of sp³-hybridized carbons (Fsp3) is 0.348. The molecule has 1 aromatic heterocycles. The summed E-state index contributed by atoms with van der Waals surface area (Å²) in [6, 6.07) is 8.29. The molecule has 2 aromatic carbocycles. The van der Waals surface area contributed by atoms with Crippen LogP contribution in [0.5, 0.6) is 17.2 Å². The van der Waals surface area contributed by atoms with E-state index in [1.54, 1.807) is 14.2 Å². The van der Waals surface area contributed by atoms with Gasteiger partial charge in [-0.15, -0.1) is 12.4 Å². The van der Waals surface area contributed by atoms with Crippen LogP contribution in [0.15, 0.2) is 24.3 Å². The zero-order chi connectivity index (χ0) is 20.0. The molecule has 3 N–H and O–H groups in total. The number of ether oxygens (including phenoxy) is 3. The molecule has 0 spiro atoms. The Bertz CT molecular complexity index is 1120. The zero-order valence-electron chi connectivity index (χ0n) is 17.2. The highest BCUT2D eigenvalue weighted by Crippen LogP contribution is 2.48. The van der Waals surface area contributed by atoms with Crippen LogP contribution in [0.4, 0.5) is 5.69 Å². The van der Waals surface area contributed by atoms with E-state index in [2.05, 4.69) is 17.4 Å². The number of pyridine rings is 1. The molecule has 0 radical (unpaired) electrons. The third-order valence-corrected chi connectivity index (χ3v) is 5.83. The summed E-state index contributed by atoms with van der Waals surface area (Å²) in [5.74, 6) is 2.34. The van der Waals surface area contributed by atoms with Gasteiger partial charge in [-0.1, -0.05) is 0 Å².